The third kappa shape index (κ3) is 5.77. The summed E-state index contributed by atoms with van der Waals surface area (Å²) in [7, 11) is 0. The van der Waals surface area contributed by atoms with Crippen molar-refractivity contribution in [2.75, 3.05) is 13.2 Å². The maximum atomic E-state index is 15.1. The Hall–Kier alpha value is -2.09. The number of allylic oxidation sites excluding steroid dienone is 5. The number of dihydropyridines is 1. The van der Waals surface area contributed by atoms with Gasteiger partial charge < -0.3 is 51.7 Å². The monoisotopic (exact) mass is 751 g/mol. The van der Waals surface area contributed by atoms with Crippen molar-refractivity contribution < 1.29 is 40.2 Å². The standard InChI is InChI=1S/C43H65N3O8/c1-22(47)19-46-36-35-34-26(10-9-25(27-11-12-33(44)45-20-27)17-42(34)18-31(49)30(48)15-29(42)37(36)50)16-40(3)32(13-14-43(35,40)53)41(4,52)39(51)38-23(2)28(21-54-38)24-7-5-6-8-24/h9-12,20,22-26,28-34,38-39,45-49,51-53H,5-8,13-19,21,44H2,1-4H3/t22-,23-,25-,26+,28+,29-,30+,31-,32-,33?,34-,38+,39+,40+,41+,42-,43+/m0/s1. The van der Waals surface area contributed by atoms with Gasteiger partial charge in [-0.1, -0.05) is 57.8 Å². The van der Waals surface area contributed by atoms with Crippen LogP contribution in [-0.2, 0) is 9.53 Å². The molecule has 54 heavy (non-hydrogen) atoms. The van der Waals surface area contributed by atoms with Crippen LogP contribution in [0.15, 0.2) is 47.3 Å². The first kappa shape index (κ1) is 38.8. The number of aliphatic hydroxyl groups is 6. The number of ketones is 1. The zero-order valence-corrected chi connectivity index (χ0v) is 32.5. The summed E-state index contributed by atoms with van der Waals surface area (Å²) in [5, 5.41) is 77.9. The Morgan fingerprint density at radius 2 is 1.83 bits per heavy atom. The Balaban J connectivity index is 1.23. The van der Waals surface area contributed by atoms with Gasteiger partial charge in [0.25, 0.3) is 0 Å². The van der Waals surface area contributed by atoms with E-state index in [0.717, 1.165) is 5.57 Å². The average Bonchev–Trinajstić information content (AvgIpc) is 3.82. The molecule has 11 nitrogen and oxygen atoms in total. The Morgan fingerprint density at radius 3 is 2.52 bits per heavy atom. The number of fused-ring (bicyclic) bond motifs is 2. The highest BCUT2D eigenvalue weighted by Gasteiger charge is 2.73. The van der Waals surface area contributed by atoms with Crippen molar-refractivity contribution in [3.8, 4) is 0 Å². The smallest absolute Gasteiger partial charge is 0.182 e. The van der Waals surface area contributed by atoms with Crippen molar-refractivity contribution in [2.24, 2.45) is 63.9 Å². The van der Waals surface area contributed by atoms with Crippen LogP contribution >= 0.6 is 0 Å². The molecule has 0 aromatic rings. The van der Waals surface area contributed by atoms with Gasteiger partial charge in [-0.25, -0.2) is 0 Å². The van der Waals surface area contributed by atoms with E-state index in [-0.39, 0.29) is 61.4 Å². The molecule has 300 valence electrons. The average molecular weight is 752 g/mol. The van der Waals surface area contributed by atoms with Gasteiger partial charge in [-0.2, -0.15) is 0 Å². The van der Waals surface area contributed by atoms with E-state index in [1.165, 1.54) is 25.7 Å². The molecule has 8 rings (SSSR count). The molecule has 5 fully saturated rings. The highest BCUT2D eigenvalue weighted by atomic mass is 16.5. The van der Waals surface area contributed by atoms with E-state index in [4.69, 9.17) is 10.5 Å². The third-order valence-corrected chi connectivity index (χ3v) is 16.4. The van der Waals surface area contributed by atoms with Gasteiger partial charge in [-0.3, -0.25) is 4.79 Å². The molecule has 1 unspecified atom stereocenters. The quantitative estimate of drug-likeness (QED) is 0.165. The normalized spacial score (nSPS) is 48.2. The first-order valence-electron chi connectivity index (χ1n) is 20.9. The molecule has 0 aromatic carbocycles. The molecule has 0 amide bonds. The van der Waals surface area contributed by atoms with Gasteiger partial charge in [0.05, 0.1) is 54.1 Å². The first-order valence-corrected chi connectivity index (χ1v) is 20.9. The van der Waals surface area contributed by atoms with E-state index < -0.39 is 64.4 Å². The molecular weight excluding hydrogens is 686 g/mol. The molecule has 0 aromatic heterocycles. The van der Waals surface area contributed by atoms with Crippen LogP contribution in [0, 0.1) is 58.2 Å². The Labute approximate surface area is 320 Å². The van der Waals surface area contributed by atoms with Gasteiger partial charge in [-0.05, 0) is 111 Å². The molecule has 1 spiro atoms. The van der Waals surface area contributed by atoms with Crippen LogP contribution in [0.5, 0.6) is 0 Å². The summed E-state index contributed by atoms with van der Waals surface area (Å²) >= 11 is 0. The topological polar surface area (TPSA) is 198 Å². The molecule has 6 aliphatic carbocycles. The predicted molar refractivity (Wildman–Crippen MR) is 203 cm³/mol. The molecule has 10 N–H and O–H groups in total. The van der Waals surface area contributed by atoms with E-state index in [1.807, 2.05) is 25.3 Å². The molecular formula is C43H65N3O8. The van der Waals surface area contributed by atoms with Crippen molar-refractivity contribution >= 4 is 5.78 Å². The summed E-state index contributed by atoms with van der Waals surface area (Å²) in [6.45, 7) is 8.21. The van der Waals surface area contributed by atoms with Gasteiger partial charge in [0.2, 0.25) is 0 Å². The number of hydrogen-bond acceptors (Lipinski definition) is 11. The highest BCUT2D eigenvalue weighted by Crippen LogP contribution is 2.72. The minimum atomic E-state index is -1.62. The molecule has 11 heteroatoms. The number of ether oxygens (including phenoxy) is 1. The van der Waals surface area contributed by atoms with E-state index in [9.17, 15) is 30.6 Å². The maximum absolute atomic E-state index is 15.1. The number of rotatable bonds is 8. The molecule has 0 bridgehead atoms. The van der Waals surface area contributed by atoms with Crippen molar-refractivity contribution in [3.63, 3.8) is 0 Å². The fraction of sp³-hybridized carbons (Fsp3) is 0.791. The SMILES string of the molecule is C[C@@H]1[C@H]([C@@H](O)[C@](C)(O)[C@H]2CC[C@@]3(O)C4=C(NC[C@H](C)O)C(=O)[C@@H]5C[C@@H](O)[C@@H](O)C[C@@]56C[C@@H](C5=CNC(N)C=C5)C=C[C@H](C[C@]23C)[C@@H]46)OC[C@H]1C1CCCC1. The van der Waals surface area contributed by atoms with Crippen molar-refractivity contribution in [1.82, 2.24) is 10.6 Å². The summed E-state index contributed by atoms with van der Waals surface area (Å²) in [4.78, 5) is 15.1. The van der Waals surface area contributed by atoms with Gasteiger partial charge in [0.15, 0.2) is 5.78 Å². The van der Waals surface area contributed by atoms with Crippen LogP contribution in [0.25, 0.3) is 0 Å². The molecule has 2 heterocycles. The van der Waals surface area contributed by atoms with Crippen LogP contribution in [0.4, 0.5) is 0 Å². The van der Waals surface area contributed by atoms with Gasteiger partial charge in [-0.15, -0.1) is 0 Å². The van der Waals surface area contributed by atoms with Crippen LogP contribution in [0.3, 0.4) is 0 Å². The highest BCUT2D eigenvalue weighted by molar-refractivity contribution is 6.00. The lowest BCUT2D eigenvalue weighted by Gasteiger charge is -2.64. The van der Waals surface area contributed by atoms with Crippen molar-refractivity contribution in [3.05, 3.63) is 47.3 Å². The van der Waals surface area contributed by atoms with E-state index >= 15 is 4.79 Å². The second kappa shape index (κ2) is 13.8. The number of carbonyl (C=O) groups is 1. The second-order valence-corrected chi connectivity index (χ2v) is 19.4. The van der Waals surface area contributed by atoms with Crippen LogP contribution in [0.2, 0.25) is 0 Å². The zero-order valence-electron chi connectivity index (χ0n) is 32.5. The molecule has 1 saturated heterocycles. The number of hydrogen-bond donors (Lipinski definition) is 9. The molecule has 8 aliphatic rings. The lowest BCUT2D eigenvalue weighted by atomic mass is 9.41. The Kier molecular flexibility index (Phi) is 9.90. The van der Waals surface area contributed by atoms with Crippen LogP contribution in [0.1, 0.15) is 91.9 Å². The minimum Gasteiger partial charge on any atom is -0.392 e. The van der Waals surface area contributed by atoms with E-state index in [0.29, 0.717) is 49.0 Å². The number of carbonyl (C=O) groups excluding carboxylic acids is 1. The third-order valence-electron chi connectivity index (χ3n) is 16.4. The lowest BCUT2D eigenvalue weighted by molar-refractivity contribution is -0.201. The first-order chi connectivity index (χ1) is 25.5. The largest absolute Gasteiger partial charge is 0.392 e. The molecule has 2 aliphatic heterocycles. The van der Waals surface area contributed by atoms with Gasteiger partial charge >= 0.3 is 0 Å². The van der Waals surface area contributed by atoms with Crippen molar-refractivity contribution in [2.45, 2.75) is 140 Å². The van der Waals surface area contributed by atoms with Gasteiger partial charge in [0.1, 0.15) is 6.10 Å². The number of aliphatic hydroxyl groups excluding tert-OH is 4. The molecule has 17 atom stereocenters. The summed E-state index contributed by atoms with van der Waals surface area (Å²) < 4.78 is 6.36. The lowest BCUT2D eigenvalue weighted by Crippen LogP contribution is -2.67. The number of nitrogens with one attached hydrogen (secondary N) is 2. The van der Waals surface area contributed by atoms with E-state index in [2.05, 4.69) is 29.7 Å². The zero-order chi connectivity index (χ0) is 38.5. The molecule has 0 radical (unpaired) electrons. The summed E-state index contributed by atoms with van der Waals surface area (Å²) in [6, 6.07) is 0. The number of Topliss-reactive ketones (excluding diaryl/α,β-unsaturated/α-hetero) is 1. The summed E-state index contributed by atoms with van der Waals surface area (Å²) in [5.74, 6) is -1.07. The Morgan fingerprint density at radius 1 is 1.09 bits per heavy atom. The van der Waals surface area contributed by atoms with Gasteiger partial charge in [0, 0.05) is 30.0 Å². The second-order valence-electron chi connectivity index (χ2n) is 19.4. The minimum absolute atomic E-state index is 0.0760. The fourth-order valence-electron chi connectivity index (χ4n) is 13.7. The predicted octanol–water partition coefficient (Wildman–Crippen LogP) is 2.55. The fourth-order valence-corrected chi connectivity index (χ4v) is 13.7. The summed E-state index contributed by atoms with van der Waals surface area (Å²) in [6.07, 6.45) is 12.2. The van der Waals surface area contributed by atoms with Crippen molar-refractivity contribution in [1.29, 1.82) is 0 Å². The van der Waals surface area contributed by atoms with E-state index in [1.54, 1.807) is 13.8 Å². The summed E-state index contributed by atoms with van der Waals surface area (Å²) in [5.41, 5.74) is 3.10. The maximum Gasteiger partial charge on any atom is 0.182 e. The number of nitrogens with two attached hydrogens (primary N) is 1. The van der Waals surface area contributed by atoms with Crippen LogP contribution in [-0.4, -0.2) is 97.5 Å². The molecule has 4 saturated carbocycles. The Bertz CT molecular complexity index is 1600. The van der Waals surface area contributed by atoms with Crippen LogP contribution < -0.4 is 16.4 Å².